The van der Waals surface area contributed by atoms with Crippen molar-refractivity contribution in [3.8, 4) is 0 Å². The lowest BCUT2D eigenvalue weighted by Gasteiger charge is -2.08. The molecule has 0 aliphatic carbocycles. The van der Waals surface area contributed by atoms with Crippen molar-refractivity contribution in [3.63, 3.8) is 0 Å². The molecule has 1 amide bonds. The van der Waals surface area contributed by atoms with Crippen LogP contribution in [0.1, 0.15) is 5.56 Å². The summed E-state index contributed by atoms with van der Waals surface area (Å²) in [7, 11) is -2.38. The fourth-order valence-corrected chi connectivity index (χ4v) is 2.67. The van der Waals surface area contributed by atoms with Crippen molar-refractivity contribution in [2.45, 2.75) is 11.4 Å². The Hall–Kier alpha value is -2.45. The van der Waals surface area contributed by atoms with Crippen LogP contribution in [0.25, 0.3) is 0 Å². The average molecular weight is 321 g/mol. The summed E-state index contributed by atoms with van der Waals surface area (Å²) in [5.41, 5.74) is 1.20. The maximum atomic E-state index is 12.2. The molecule has 0 fully saturated rings. The number of benzene rings is 1. The van der Waals surface area contributed by atoms with Crippen LogP contribution in [0, 0.1) is 0 Å². The van der Waals surface area contributed by atoms with Crippen molar-refractivity contribution in [2.75, 3.05) is 12.4 Å². The Morgan fingerprint density at radius 2 is 1.95 bits per heavy atom. The number of anilines is 1. The first-order valence-corrected chi connectivity index (χ1v) is 7.83. The van der Waals surface area contributed by atoms with Gasteiger partial charge in [-0.3, -0.25) is 10.3 Å². The van der Waals surface area contributed by atoms with E-state index in [-0.39, 0.29) is 11.4 Å². The number of nitrogens with zero attached hydrogens (tertiary/aromatic N) is 1. The van der Waals surface area contributed by atoms with E-state index in [1.54, 1.807) is 24.5 Å². The van der Waals surface area contributed by atoms with Crippen LogP contribution in [0.3, 0.4) is 0 Å². The van der Waals surface area contributed by atoms with Gasteiger partial charge in [0.1, 0.15) is 0 Å². The second-order valence-corrected chi connectivity index (χ2v) is 6.09. The first kappa shape index (κ1) is 15.9. The predicted molar refractivity (Wildman–Crippen MR) is 80.7 cm³/mol. The smallest absolute Gasteiger partial charge is 0.411 e. The lowest BCUT2D eigenvalue weighted by molar-refractivity contribution is 0.187. The average Bonchev–Trinajstić information content (AvgIpc) is 2.54. The number of carbonyl (C=O) groups is 1. The highest BCUT2D eigenvalue weighted by Crippen LogP contribution is 2.14. The van der Waals surface area contributed by atoms with Crippen LogP contribution in [0.15, 0.2) is 53.7 Å². The van der Waals surface area contributed by atoms with E-state index in [9.17, 15) is 13.2 Å². The largest absolute Gasteiger partial charge is 0.453 e. The number of carbonyl (C=O) groups excluding carboxylic acids is 1. The molecule has 0 saturated heterocycles. The van der Waals surface area contributed by atoms with Crippen LogP contribution in [0.4, 0.5) is 10.5 Å². The molecule has 22 heavy (non-hydrogen) atoms. The highest BCUT2D eigenvalue weighted by atomic mass is 32.2. The molecule has 0 atom stereocenters. The zero-order chi connectivity index (χ0) is 16.0. The van der Waals surface area contributed by atoms with E-state index in [2.05, 4.69) is 19.8 Å². The third-order valence-corrected chi connectivity index (χ3v) is 4.20. The lowest BCUT2D eigenvalue weighted by Crippen LogP contribution is -2.23. The molecular formula is C14H15N3O4S. The topological polar surface area (TPSA) is 97.4 Å². The van der Waals surface area contributed by atoms with Gasteiger partial charge in [-0.15, -0.1) is 0 Å². The maximum absolute atomic E-state index is 12.2. The van der Waals surface area contributed by atoms with Crippen LogP contribution in [0.2, 0.25) is 0 Å². The molecule has 1 heterocycles. The minimum absolute atomic E-state index is 0.104. The van der Waals surface area contributed by atoms with Crippen molar-refractivity contribution in [1.29, 1.82) is 0 Å². The van der Waals surface area contributed by atoms with E-state index in [0.29, 0.717) is 5.69 Å². The molecule has 7 nitrogen and oxygen atoms in total. The molecule has 0 bridgehead atoms. The second-order valence-electron chi connectivity index (χ2n) is 4.33. The summed E-state index contributed by atoms with van der Waals surface area (Å²) < 4.78 is 31.2. The first-order valence-electron chi connectivity index (χ1n) is 6.35. The summed E-state index contributed by atoms with van der Waals surface area (Å²) in [6, 6.07) is 9.27. The van der Waals surface area contributed by atoms with Crippen LogP contribution in [-0.2, 0) is 21.3 Å². The minimum Gasteiger partial charge on any atom is -0.453 e. The van der Waals surface area contributed by atoms with Crippen molar-refractivity contribution >= 4 is 21.8 Å². The standard InChI is InChI=1S/C14H15N3O4S/c1-21-14(18)17-12-4-6-13(7-5-12)22(19,20)16-10-11-3-2-8-15-9-11/h2-9,16H,10H2,1H3,(H,17,18). The van der Waals surface area contributed by atoms with Gasteiger partial charge in [0.05, 0.1) is 12.0 Å². The molecule has 0 saturated carbocycles. The minimum atomic E-state index is -3.63. The second kappa shape index (κ2) is 7.01. The SMILES string of the molecule is COC(=O)Nc1ccc(S(=O)(=O)NCc2cccnc2)cc1. The van der Waals surface area contributed by atoms with E-state index in [4.69, 9.17) is 0 Å². The van der Waals surface area contributed by atoms with Gasteiger partial charge in [-0.1, -0.05) is 6.07 Å². The summed E-state index contributed by atoms with van der Waals surface area (Å²) in [5, 5.41) is 2.44. The van der Waals surface area contributed by atoms with E-state index < -0.39 is 16.1 Å². The maximum Gasteiger partial charge on any atom is 0.411 e. The Kier molecular flexibility index (Phi) is 5.08. The highest BCUT2D eigenvalue weighted by Gasteiger charge is 2.13. The number of sulfonamides is 1. The Bertz CT molecular complexity index is 730. The number of hydrogen-bond donors (Lipinski definition) is 2. The number of amides is 1. The van der Waals surface area contributed by atoms with Crippen molar-refractivity contribution in [3.05, 3.63) is 54.4 Å². The molecule has 0 aliphatic heterocycles. The predicted octanol–water partition coefficient (Wildman–Crippen LogP) is 1.74. The van der Waals surface area contributed by atoms with Gasteiger partial charge in [-0.25, -0.2) is 17.9 Å². The number of pyridine rings is 1. The molecule has 8 heteroatoms. The molecule has 1 aromatic carbocycles. The Balaban J connectivity index is 2.04. The number of methoxy groups -OCH3 is 1. The number of hydrogen-bond acceptors (Lipinski definition) is 5. The number of nitrogens with one attached hydrogen (secondary N) is 2. The Morgan fingerprint density at radius 1 is 1.23 bits per heavy atom. The molecule has 0 aliphatic rings. The normalized spacial score (nSPS) is 11.0. The van der Waals surface area contributed by atoms with Crippen molar-refractivity contribution < 1.29 is 17.9 Å². The van der Waals surface area contributed by atoms with Crippen LogP contribution in [0.5, 0.6) is 0 Å². The third-order valence-electron chi connectivity index (χ3n) is 2.79. The summed E-state index contributed by atoms with van der Waals surface area (Å²) in [5.74, 6) is 0. The molecule has 2 N–H and O–H groups in total. The summed E-state index contributed by atoms with van der Waals surface area (Å²) in [4.78, 5) is 15.1. The Labute approximate surface area is 128 Å². The van der Waals surface area contributed by atoms with Gasteiger partial charge in [0.25, 0.3) is 0 Å². The molecule has 2 aromatic rings. The quantitative estimate of drug-likeness (QED) is 0.874. The van der Waals surface area contributed by atoms with E-state index in [1.165, 1.54) is 31.4 Å². The van der Waals surface area contributed by atoms with Gasteiger partial charge in [-0.2, -0.15) is 0 Å². The third kappa shape index (κ3) is 4.27. The molecule has 0 radical (unpaired) electrons. The molecular weight excluding hydrogens is 306 g/mol. The zero-order valence-electron chi connectivity index (χ0n) is 11.8. The zero-order valence-corrected chi connectivity index (χ0v) is 12.6. The summed E-state index contributed by atoms with van der Waals surface area (Å²) in [6.45, 7) is 0.151. The van der Waals surface area contributed by atoms with E-state index >= 15 is 0 Å². The van der Waals surface area contributed by atoms with E-state index in [1.807, 2.05) is 0 Å². The molecule has 0 unspecified atom stereocenters. The van der Waals surface area contributed by atoms with Gasteiger partial charge < -0.3 is 4.74 Å². The summed E-state index contributed by atoms with van der Waals surface area (Å²) >= 11 is 0. The Morgan fingerprint density at radius 3 is 2.55 bits per heavy atom. The fraction of sp³-hybridized carbons (Fsp3) is 0.143. The van der Waals surface area contributed by atoms with Gasteiger partial charge in [0, 0.05) is 24.6 Å². The number of rotatable bonds is 5. The molecule has 2 rings (SSSR count). The van der Waals surface area contributed by atoms with Crippen LogP contribution in [-0.4, -0.2) is 26.6 Å². The van der Waals surface area contributed by atoms with Gasteiger partial charge in [-0.05, 0) is 35.9 Å². The van der Waals surface area contributed by atoms with Gasteiger partial charge >= 0.3 is 6.09 Å². The van der Waals surface area contributed by atoms with Crippen LogP contribution < -0.4 is 10.0 Å². The highest BCUT2D eigenvalue weighted by molar-refractivity contribution is 7.89. The summed E-state index contributed by atoms with van der Waals surface area (Å²) in [6.07, 6.45) is 2.59. The number of aromatic nitrogens is 1. The van der Waals surface area contributed by atoms with E-state index in [0.717, 1.165) is 5.56 Å². The molecule has 116 valence electrons. The number of ether oxygens (including phenoxy) is 1. The monoisotopic (exact) mass is 321 g/mol. The molecule has 1 aromatic heterocycles. The first-order chi connectivity index (χ1) is 10.5. The molecule has 0 spiro atoms. The van der Waals surface area contributed by atoms with Crippen molar-refractivity contribution in [1.82, 2.24) is 9.71 Å². The van der Waals surface area contributed by atoms with Gasteiger partial charge in [0.2, 0.25) is 10.0 Å². The lowest BCUT2D eigenvalue weighted by atomic mass is 10.3. The fourth-order valence-electron chi connectivity index (χ4n) is 1.65. The van der Waals surface area contributed by atoms with Crippen molar-refractivity contribution in [2.24, 2.45) is 0 Å². The van der Waals surface area contributed by atoms with Gasteiger partial charge in [0.15, 0.2) is 0 Å². The van der Waals surface area contributed by atoms with Crippen LogP contribution >= 0.6 is 0 Å².